The van der Waals surface area contributed by atoms with Crippen molar-refractivity contribution in [2.75, 3.05) is 20.2 Å². The van der Waals surface area contributed by atoms with E-state index >= 15 is 0 Å². The molecular formula is C15H20BrNO2. The second-order valence-electron chi connectivity index (χ2n) is 5.57. The van der Waals surface area contributed by atoms with E-state index in [9.17, 15) is 0 Å². The topological polar surface area (TPSA) is 30.5 Å². The highest BCUT2D eigenvalue weighted by molar-refractivity contribution is 9.10. The van der Waals surface area contributed by atoms with E-state index in [1.807, 2.05) is 19.2 Å². The Morgan fingerprint density at radius 1 is 1.47 bits per heavy atom. The molecule has 1 unspecified atom stereocenters. The molecule has 19 heavy (non-hydrogen) atoms. The lowest BCUT2D eigenvalue weighted by Crippen LogP contribution is -2.49. The molecule has 2 aliphatic rings. The summed E-state index contributed by atoms with van der Waals surface area (Å²) in [6.45, 7) is 1.82. The first-order valence-corrected chi connectivity index (χ1v) is 7.71. The fourth-order valence-electron chi connectivity index (χ4n) is 2.89. The smallest absolute Gasteiger partial charge is 0.123 e. The Hall–Kier alpha value is -0.580. The molecular weight excluding hydrogens is 306 g/mol. The molecule has 1 fully saturated rings. The minimum absolute atomic E-state index is 0.0917. The van der Waals surface area contributed by atoms with Gasteiger partial charge >= 0.3 is 0 Å². The van der Waals surface area contributed by atoms with E-state index in [0.717, 1.165) is 29.7 Å². The van der Waals surface area contributed by atoms with Gasteiger partial charge in [0, 0.05) is 31.1 Å². The maximum atomic E-state index is 5.94. The van der Waals surface area contributed by atoms with Crippen molar-refractivity contribution >= 4 is 15.9 Å². The lowest BCUT2D eigenvalue weighted by molar-refractivity contribution is -0.0700. The number of rotatable bonds is 5. The zero-order valence-corrected chi connectivity index (χ0v) is 12.8. The molecule has 1 aromatic carbocycles. The minimum Gasteiger partial charge on any atom is -0.488 e. The number of methoxy groups -OCH3 is 1. The molecule has 0 saturated heterocycles. The third-order valence-corrected chi connectivity index (χ3v) is 4.77. The van der Waals surface area contributed by atoms with E-state index in [2.05, 4.69) is 27.3 Å². The molecule has 3 nitrogen and oxygen atoms in total. The molecule has 1 N–H and O–H groups in total. The molecule has 1 atom stereocenters. The van der Waals surface area contributed by atoms with Crippen molar-refractivity contribution in [2.45, 2.75) is 37.4 Å². The predicted octanol–water partition coefficient (Wildman–Crippen LogP) is 2.91. The van der Waals surface area contributed by atoms with Gasteiger partial charge in [0.1, 0.15) is 11.9 Å². The van der Waals surface area contributed by atoms with E-state index in [4.69, 9.17) is 9.47 Å². The zero-order chi connectivity index (χ0) is 13.3. The summed E-state index contributed by atoms with van der Waals surface area (Å²) in [5, 5.41) is 3.51. The van der Waals surface area contributed by atoms with Gasteiger partial charge in [-0.15, -0.1) is 0 Å². The number of nitrogens with one attached hydrogen (secondary N) is 1. The highest BCUT2D eigenvalue weighted by Gasteiger charge is 2.36. The SMILES string of the molecule is COC1(CNCC2Cc3cc(Br)ccc3O2)CCC1. The first-order chi connectivity index (χ1) is 9.21. The average molecular weight is 326 g/mol. The molecule has 1 aliphatic carbocycles. The maximum absolute atomic E-state index is 5.94. The van der Waals surface area contributed by atoms with Gasteiger partial charge in [0.25, 0.3) is 0 Å². The summed E-state index contributed by atoms with van der Waals surface area (Å²) in [6.07, 6.45) is 4.87. The zero-order valence-electron chi connectivity index (χ0n) is 11.2. The van der Waals surface area contributed by atoms with Crippen molar-refractivity contribution in [3.63, 3.8) is 0 Å². The van der Waals surface area contributed by atoms with Crippen molar-refractivity contribution in [3.8, 4) is 5.75 Å². The minimum atomic E-state index is 0.0917. The molecule has 0 spiro atoms. The molecule has 3 rings (SSSR count). The normalized spacial score (nSPS) is 23.6. The summed E-state index contributed by atoms with van der Waals surface area (Å²) in [6, 6.07) is 6.23. The van der Waals surface area contributed by atoms with E-state index in [0.29, 0.717) is 0 Å². The maximum Gasteiger partial charge on any atom is 0.123 e. The Labute approximate surface area is 122 Å². The van der Waals surface area contributed by atoms with Gasteiger partial charge in [0.2, 0.25) is 0 Å². The van der Waals surface area contributed by atoms with Gasteiger partial charge in [0.15, 0.2) is 0 Å². The first kappa shape index (κ1) is 13.4. The van der Waals surface area contributed by atoms with Crippen LogP contribution >= 0.6 is 15.9 Å². The highest BCUT2D eigenvalue weighted by Crippen LogP contribution is 2.34. The molecule has 0 radical (unpaired) electrons. The molecule has 1 aromatic rings. The van der Waals surface area contributed by atoms with Gasteiger partial charge < -0.3 is 14.8 Å². The van der Waals surface area contributed by atoms with Crippen LogP contribution in [0.1, 0.15) is 24.8 Å². The van der Waals surface area contributed by atoms with Gasteiger partial charge in [-0.1, -0.05) is 15.9 Å². The quantitative estimate of drug-likeness (QED) is 0.902. The van der Waals surface area contributed by atoms with E-state index in [1.54, 1.807) is 0 Å². The Morgan fingerprint density at radius 2 is 2.32 bits per heavy atom. The molecule has 0 amide bonds. The largest absolute Gasteiger partial charge is 0.488 e. The number of hydrogen-bond donors (Lipinski definition) is 1. The van der Waals surface area contributed by atoms with Crippen LogP contribution in [0.2, 0.25) is 0 Å². The summed E-state index contributed by atoms with van der Waals surface area (Å²) < 4.78 is 12.7. The standard InChI is InChI=1S/C15H20BrNO2/c1-18-15(5-2-6-15)10-17-9-13-8-11-7-12(16)3-4-14(11)19-13/h3-4,7,13,17H,2,5-6,8-10H2,1H3. The fourth-order valence-corrected chi connectivity index (χ4v) is 3.30. The molecule has 0 bridgehead atoms. The molecule has 1 aliphatic heterocycles. The summed E-state index contributed by atoms with van der Waals surface area (Å²) in [4.78, 5) is 0. The van der Waals surface area contributed by atoms with Gasteiger partial charge in [-0.25, -0.2) is 0 Å². The third kappa shape index (κ3) is 2.81. The van der Waals surface area contributed by atoms with E-state index in [1.165, 1.54) is 24.8 Å². The molecule has 4 heteroatoms. The van der Waals surface area contributed by atoms with E-state index < -0.39 is 0 Å². The van der Waals surface area contributed by atoms with Crippen LogP contribution in [0.25, 0.3) is 0 Å². The van der Waals surface area contributed by atoms with Crippen molar-refractivity contribution < 1.29 is 9.47 Å². The van der Waals surface area contributed by atoms with Crippen LogP contribution in [0.5, 0.6) is 5.75 Å². The van der Waals surface area contributed by atoms with Crippen molar-refractivity contribution in [2.24, 2.45) is 0 Å². The second kappa shape index (κ2) is 5.43. The van der Waals surface area contributed by atoms with Gasteiger partial charge in [-0.05, 0) is 43.0 Å². The average Bonchev–Trinajstić information content (AvgIpc) is 2.74. The Balaban J connectivity index is 1.48. The summed E-state index contributed by atoms with van der Waals surface area (Å²) in [5.74, 6) is 1.03. The van der Waals surface area contributed by atoms with Crippen molar-refractivity contribution in [1.82, 2.24) is 5.32 Å². The van der Waals surface area contributed by atoms with Crippen LogP contribution in [0, 0.1) is 0 Å². The van der Waals surface area contributed by atoms with Crippen LogP contribution in [-0.4, -0.2) is 31.9 Å². The van der Waals surface area contributed by atoms with E-state index in [-0.39, 0.29) is 11.7 Å². The monoisotopic (exact) mass is 325 g/mol. The number of hydrogen-bond acceptors (Lipinski definition) is 3. The fraction of sp³-hybridized carbons (Fsp3) is 0.600. The lowest BCUT2D eigenvalue weighted by atomic mass is 9.80. The van der Waals surface area contributed by atoms with Crippen LogP contribution in [0.15, 0.2) is 22.7 Å². The van der Waals surface area contributed by atoms with Crippen LogP contribution in [-0.2, 0) is 11.2 Å². The molecule has 104 valence electrons. The van der Waals surface area contributed by atoms with Crippen LogP contribution < -0.4 is 10.1 Å². The van der Waals surface area contributed by atoms with Gasteiger partial charge in [-0.3, -0.25) is 0 Å². The van der Waals surface area contributed by atoms with Crippen molar-refractivity contribution in [3.05, 3.63) is 28.2 Å². The lowest BCUT2D eigenvalue weighted by Gasteiger charge is -2.40. The third-order valence-electron chi connectivity index (χ3n) is 4.28. The molecule has 1 saturated carbocycles. The number of ether oxygens (including phenoxy) is 2. The van der Waals surface area contributed by atoms with Crippen LogP contribution in [0.3, 0.4) is 0 Å². The Bertz CT molecular complexity index is 454. The summed E-state index contributed by atoms with van der Waals surface area (Å²) in [5.41, 5.74) is 1.39. The highest BCUT2D eigenvalue weighted by atomic mass is 79.9. The van der Waals surface area contributed by atoms with Crippen molar-refractivity contribution in [1.29, 1.82) is 0 Å². The van der Waals surface area contributed by atoms with Gasteiger partial charge in [-0.2, -0.15) is 0 Å². The van der Waals surface area contributed by atoms with Gasteiger partial charge in [0.05, 0.1) is 5.60 Å². The van der Waals surface area contributed by atoms with Crippen LogP contribution in [0.4, 0.5) is 0 Å². The molecule has 0 aromatic heterocycles. The number of halogens is 1. The first-order valence-electron chi connectivity index (χ1n) is 6.92. The Kier molecular flexibility index (Phi) is 3.83. The summed E-state index contributed by atoms with van der Waals surface area (Å²) in [7, 11) is 1.82. The predicted molar refractivity (Wildman–Crippen MR) is 78.7 cm³/mol. The Morgan fingerprint density at radius 3 is 3.00 bits per heavy atom. The second-order valence-corrected chi connectivity index (χ2v) is 6.48. The number of fused-ring (bicyclic) bond motifs is 1. The molecule has 1 heterocycles. The summed E-state index contributed by atoms with van der Waals surface area (Å²) >= 11 is 3.50. The number of benzene rings is 1.